The number of aryl methyl sites for hydroxylation is 2. The number of sulfonamides is 1. The van der Waals surface area contributed by atoms with Gasteiger partial charge in [-0.05, 0) is 32.6 Å². The fourth-order valence-corrected chi connectivity index (χ4v) is 4.31. The number of aliphatic carboxylic acids is 1. The van der Waals surface area contributed by atoms with Crippen LogP contribution in [0.1, 0.15) is 31.2 Å². The van der Waals surface area contributed by atoms with Crippen molar-refractivity contribution < 1.29 is 18.3 Å². The lowest BCUT2D eigenvalue weighted by Gasteiger charge is -2.26. The third-order valence-electron chi connectivity index (χ3n) is 3.71. The van der Waals surface area contributed by atoms with Crippen molar-refractivity contribution in [3.8, 4) is 0 Å². The van der Waals surface area contributed by atoms with Crippen LogP contribution in [0.25, 0.3) is 0 Å². The van der Waals surface area contributed by atoms with Gasteiger partial charge in [-0.15, -0.1) is 0 Å². The second-order valence-electron chi connectivity index (χ2n) is 5.26. The largest absolute Gasteiger partial charge is 0.481 e. The molecule has 1 aromatic heterocycles. The predicted octanol–water partition coefficient (Wildman–Crippen LogP) is 0.650. The van der Waals surface area contributed by atoms with Crippen LogP contribution >= 0.6 is 0 Å². The molecule has 0 radical (unpaired) electrons. The van der Waals surface area contributed by atoms with E-state index in [-0.39, 0.29) is 17.0 Å². The Morgan fingerprint density at radius 2 is 2.00 bits per heavy atom. The molecule has 7 nitrogen and oxygen atoms in total. The normalized spacial score (nSPS) is 23.7. The predicted molar refractivity (Wildman–Crippen MR) is 71.6 cm³/mol. The second-order valence-corrected chi connectivity index (χ2v) is 6.89. The standard InChI is InChI=1S/C12H19N3O4S/c1-8-7-13-15(2)11(8)20(18,19)14-10-5-3-9(4-6-10)12(16)17/h7,9-10,14H,3-6H2,1-2H3,(H,16,17). The van der Waals surface area contributed by atoms with Crippen molar-refractivity contribution in [3.05, 3.63) is 11.8 Å². The lowest BCUT2D eigenvalue weighted by Crippen LogP contribution is -2.39. The van der Waals surface area contributed by atoms with Crippen LogP contribution in [0.3, 0.4) is 0 Å². The van der Waals surface area contributed by atoms with Gasteiger partial charge in [0.25, 0.3) is 10.0 Å². The van der Waals surface area contributed by atoms with Gasteiger partial charge < -0.3 is 5.11 Å². The molecule has 2 rings (SSSR count). The molecule has 0 bridgehead atoms. The minimum Gasteiger partial charge on any atom is -0.481 e. The second kappa shape index (κ2) is 5.53. The first-order valence-corrected chi connectivity index (χ1v) is 8.03. The summed E-state index contributed by atoms with van der Waals surface area (Å²) in [7, 11) is -2.03. The molecule has 1 saturated carbocycles. The van der Waals surface area contributed by atoms with Gasteiger partial charge in [-0.2, -0.15) is 5.10 Å². The monoisotopic (exact) mass is 301 g/mol. The van der Waals surface area contributed by atoms with Crippen molar-refractivity contribution in [3.63, 3.8) is 0 Å². The number of hydrogen-bond donors (Lipinski definition) is 2. The number of aromatic nitrogens is 2. The fourth-order valence-electron chi connectivity index (χ4n) is 2.66. The summed E-state index contributed by atoms with van der Waals surface area (Å²) in [4.78, 5) is 10.9. The highest BCUT2D eigenvalue weighted by molar-refractivity contribution is 7.89. The lowest BCUT2D eigenvalue weighted by molar-refractivity contribution is -0.142. The third-order valence-corrected chi connectivity index (χ3v) is 5.45. The smallest absolute Gasteiger partial charge is 0.306 e. The molecule has 20 heavy (non-hydrogen) atoms. The Labute approximate surface area is 118 Å². The topological polar surface area (TPSA) is 101 Å². The molecular formula is C12H19N3O4S. The van der Waals surface area contributed by atoms with Crippen molar-refractivity contribution >= 4 is 16.0 Å². The number of nitrogens with one attached hydrogen (secondary N) is 1. The molecule has 0 saturated heterocycles. The van der Waals surface area contributed by atoms with Gasteiger partial charge in [-0.3, -0.25) is 9.48 Å². The van der Waals surface area contributed by atoms with Crippen LogP contribution in [-0.4, -0.2) is 35.3 Å². The van der Waals surface area contributed by atoms with Crippen LogP contribution in [0.2, 0.25) is 0 Å². The van der Waals surface area contributed by atoms with E-state index in [0.717, 1.165) is 0 Å². The molecule has 0 spiro atoms. The van der Waals surface area contributed by atoms with Crippen LogP contribution in [0, 0.1) is 12.8 Å². The zero-order valence-corrected chi connectivity index (χ0v) is 12.4. The van der Waals surface area contributed by atoms with E-state index in [1.807, 2.05) is 0 Å². The zero-order chi connectivity index (χ0) is 14.9. The summed E-state index contributed by atoms with van der Waals surface area (Å²) in [6.07, 6.45) is 3.62. The molecule has 2 N–H and O–H groups in total. The molecule has 0 unspecified atom stereocenters. The van der Waals surface area contributed by atoms with Crippen molar-refractivity contribution in [2.75, 3.05) is 0 Å². The van der Waals surface area contributed by atoms with E-state index in [0.29, 0.717) is 31.2 Å². The summed E-state index contributed by atoms with van der Waals surface area (Å²) in [6, 6.07) is -0.204. The van der Waals surface area contributed by atoms with E-state index in [9.17, 15) is 13.2 Å². The molecule has 112 valence electrons. The summed E-state index contributed by atoms with van der Waals surface area (Å²) >= 11 is 0. The van der Waals surface area contributed by atoms with Crippen molar-refractivity contribution in [1.29, 1.82) is 0 Å². The number of hydrogen-bond acceptors (Lipinski definition) is 4. The zero-order valence-electron chi connectivity index (χ0n) is 11.5. The first-order valence-electron chi connectivity index (χ1n) is 6.55. The fraction of sp³-hybridized carbons (Fsp3) is 0.667. The Kier molecular flexibility index (Phi) is 4.14. The van der Waals surface area contributed by atoms with E-state index < -0.39 is 16.0 Å². The van der Waals surface area contributed by atoms with Crippen LogP contribution in [0.15, 0.2) is 11.2 Å². The molecule has 1 heterocycles. The lowest BCUT2D eigenvalue weighted by atomic mass is 9.87. The van der Waals surface area contributed by atoms with Crippen molar-refractivity contribution in [1.82, 2.24) is 14.5 Å². The quantitative estimate of drug-likeness (QED) is 0.850. The average molecular weight is 301 g/mol. The van der Waals surface area contributed by atoms with Crippen molar-refractivity contribution in [2.45, 2.75) is 43.7 Å². The highest BCUT2D eigenvalue weighted by Gasteiger charge is 2.30. The van der Waals surface area contributed by atoms with E-state index >= 15 is 0 Å². The van der Waals surface area contributed by atoms with Crippen LogP contribution in [0.5, 0.6) is 0 Å². The summed E-state index contributed by atoms with van der Waals surface area (Å²) in [5, 5.41) is 13.0. The van der Waals surface area contributed by atoms with Crippen molar-refractivity contribution in [2.24, 2.45) is 13.0 Å². The molecule has 1 aliphatic carbocycles. The minimum absolute atomic E-state index is 0.165. The number of carbonyl (C=O) groups is 1. The summed E-state index contributed by atoms with van der Waals surface area (Å²) in [5.41, 5.74) is 0.597. The maximum Gasteiger partial charge on any atom is 0.306 e. The number of carboxylic acids is 1. The Balaban J connectivity index is 2.06. The van der Waals surface area contributed by atoms with E-state index in [2.05, 4.69) is 9.82 Å². The molecule has 1 fully saturated rings. The van der Waals surface area contributed by atoms with Crippen LogP contribution in [-0.2, 0) is 21.9 Å². The van der Waals surface area contributed by atoms with Crippen LogP contribution < -0.4 is 4.72 Å². The van der Waals surface area contributed by atoms with Crippen LogP contribution in [0.4, 0.5) is 0 Å². The Bertz CT molecular complexity index is 581. The summed E-state index contributed by atoms with van der Waals surface area (Å²) in [6.45, 7) is 1.70. The van der Waals surface area contributed by atoms with Gasteiger partial charge in [0.2, 0.25) is 0 Å². The van der Waals surface area contributed by atoms with E-state index in [1.165, 1.54) is 10.9 Å². The molecule has 0 amide bonds. The van der Waals surface area contributed by atoms with Gasteiger partial charge in [-0.25, -0.2) is 13.1 Å². The maximum absolute atomic E-state index is 12.3. The van der Waals surface area contributed by atoms with Gasteiger partial charge >= 0.3 is 5.97 Å². The molecule has 0 aliphatic heterocycles. The van der Waals surface area contributed by atoms with E-state index in [1.54, 1.807) is 14.0 Å². The summed E-state index contributed by atoms with van der Waals surface area (Å²) in [5.74, 6) is -1.15. The SMILES string of the molecule is Cc1cnn(C)c1S(=O)(=O)NC1CCC(C(=O)O)CC1. The van der Waals surface area contributed by atoms with Gasteiger partial charge in [0.05, 0.1) is 12.1 Å². The minimum atomic E-state index is -3.61. The molecule has 1 aliphatic rings. The first kappa shape index (κ1) is 15.0. The van der Waals surface area contributed by atoms with Gasteiger partial charge in [0.1, 0.15) is 0 Å². The number of carboxylic acid groups (broad SMARTS) is 1. The first-order chi connectivity index (χ1) is 9.31. The summed E-state index contributed by atoms with van der Waals surface area (Å²) < 4.78 is 28.7. The third kappa shape index (κ3) is 3.01. The number of rotatable bonds is 4. The molecule has 0 aromatic carbocycles. The van der Waals surface area contributed by atoms with Gasteiger partial charge in [0.15, 0.2) is 5.03 Å². The number of nitrogens with zero attached hydrogens (tertiary/aromatic N) is 2. The highest BCUT2D eigenvalue weighted by Crippen LogP contribution is 2.26. The molecule has 1 aromatic rings. The molecule has 8 heteroatoms. The van der Waals surface area contributed by atoms with Gasteiger partial charge in [0, 0.05) is 18.7 Å². The Morgan fingerprint density at radius 1 is 1.40 bits per heavy atom. The average Bonchev–Trinajstić information content (AvgIpc) is 2.69. The Hall–Kier alpha value is -1.41. The van der Waals surface area contributed by atoms with Gasteiger partial charge in [-0.1, -0.05) is 0 Å². The maximum atomic E-state index is 12.3. The molecular weight excluding hydrogens is 282 g/mol. The molecule has 0 atom stereocenters. The highest BCUT2D eigenvalue weighted by atomic mass is 32.2. The Morgan fingerprint density at radius 3 is 2.45 bits per heavy atom. The van der Waals surface area contributed by atoms with E-state index in [4.69, 9.17) is 5.11 Å².